The molecule has 58 valence electrons. The van der Waals surface area contributed by atoms with Crippen LogP contribution in [0.3, 0.4) is 0 Å². The van der Waals surface area contributed by atoms with Gasteiger partial charge in [-0.3, -0.25) is 4.79 Å². The molecule has 1 aromatic rings. The van der Waals surface area contributed by atoms with Crippen LogP contribution in [0.2, 0.25) is 5.15 Å². The van der Waals surface area contributed by atoms with Crippen LogP contribution >= 0.6 is 11.6 Å². The number of hydrogen-bond donors (Lipinski definition) is 2. The summed E-state index contributed by atoms with van der Waals surface area (Å²) in [4.78, 5) is 14.1. The maximum absolute atomic E-state index is 10.6. The highest BCUT2D eigenvalue weighted by Gasteiger charge is 2.07. The zero-order valence-electron chi connectivity index (χ0n) is 5.41. The van der Waals surface area contributed by atoms with Crippen LogP contribution in [0.15, 0.2) is 12.3 Å². The van der Waals surface area contributed by atoms with Gasteiger partial charge < -0.3 is 10.8 Å². The fourth-order valence-electron chi connectivity index (χ4n) is 0.610. The van der Waals surface area contributed by atoms with E-state index in [9.17, 15) is 4.79 Å². The first-order chi connectivity index (χ1) is 5.11. The van der Waals surface area contributed by atoms with E-state index in [1.165, 1.54) is 0 Å². The molecule has 0 spiro atoms. The molecule has 1 aromatic heterocycles. The molecule has 0 saturated heterocycles. The van der Waals surface area contributed by atoms with Gasteiger partial charge in [0.2, 0.25) is 0 Å². The molecule has 1 heterocycles. The molecule has 5 heteroatoms. The predicted molar refractivity (Wildman–Crippen MR) is 39.4 cm³/mol. The summed E-state index contributed by atoms with van der Waals surface area (Å²) in [6, 6.07) is 1.16. The van der Waals surface area contributed by atoms with E-state index in [1.54, 1.807) is 0 Å². The number of rotatable bonds is 1. The van der Waals surface area contributed by atoms with Crippen LogP contribution in [0.25, 0.3) is 0 Å². The normalized spacial score (nSPS) is 9.55. The van der Waals surface area contributed by atoms with Crippen LogP contribution in [-0.2, 0) is 0 Å². The molecule has 3 N–H and O–H groups in total. The smallest absolute Gasteiger partial charge is 0.251 e. The maximum Gasteiger partial charge on any atom is 0.251 e. The lowest BCUT2D eigenvalue weighted by Crippen LogP contribution is -2.11. The van der Waals surface area contributed by atoms with E-state index in [-0.39, 0.29) is 16.5 Å². The van der Waals surface area contributed by atoms with E-state index in [2.05, 4.69) is 4.98 Å². The second kappa shape index (κ2) is 2.75. The number of hydrogen-bond acceptors (Lipinski definition) is 3. The quantitative estimate of drug-likeness (QED) is 0.607. The first-order valence-corrected chi connectivity index (χ1v) is 3.13. The van der Waals surface area contributed by atoms with Crippen molar-refractivity contribution < 1.29 is 9.90 Å². The number of nitrogens with two attached hydrogens (primary N) is 1. The van der Waals surface area contributed by atoms with E-state index in [0.29, 0.717) is 0 Å². The Morgan fingerprint density at radius 1 is 1.73 bits per heavy atom. The second-order valence-electron chi connectivity index (χ2n) is 1.90. The van der Waals surface area contributed by atoms with E-state index >= 15 is 0 Å². The van der Waals surface area contributed by atoms with Crippen molar-refractivity contribution in [2.24, 2.45) is 5.73 Å². The second-order valence-corrected chi connectivity index (χ2v) is 2.25. The molecule has 0 fully saturated rings. The molecule has 0 aliphatic heterocycles. The molecule has 0 saturated carbocycles. The SMILES string of the molecule is NC(=O)c1cc(O)cnc1Cl. The van der Waals surface area contributed by atoms with Gasteiger partial charge in [0.1, 0.15) is 10.9 Å². The number of nitrogens with zero attached hydrogens (tertiary/aromatic N) is 1. The van der Waals surface area contributed by atoms with Crippen molar-refractivity contribution in [2.45, 2.75) is 0 Å². The predicted octanol–water partition coefficient (Wildman–Crippen LogP) is 0.539. The van der Waals surface area contributed by atoms with Crippen molar-refractivity contribution in [1.29, 1.82) is 0 Å². The van der Waals surface area contributed by atoms with Crippen LogP contribution in [0.5, 0.6) is 5.75 Å². The van der Waals surface area contributed by atoms with Gasteiger partial charge in [0.05, 0.1) is 11.8 Å². The van der Waals surface area contributed by atoms with Crippen molar-refractivity contribution in [1.82, 2.24) is 4.98 Å². The fraction of sp³-hybridized carbons (Fsp3) is 0. The van der Waals surface area contributed by atoms with E-state index in [0.717, 1.165) is 12.3 Å². The van der Waals surface area contributed by atoms with Crippen molar-refractivity contribution in [3.8, 4) is 5.75 Å². The van der Waals surface area contributed by atoms with Gasteiger partial charge in [0, 0.05) is 0 Å². The number of pyridine rings is 1. The first kappa shape index (κ1) is 7.81. The summed E-state index contributed by atoms with van der Waals surface area (Å²) in [5.41, 5.74) is 4.93. The summed E-state index contributed by atoms with van der Waals surface area (Å²) in [5, 5.41) is 8.85. The van der Waals surface area contributed by atoms with Gasteiger partial charge in [-0.25, -0.2) is 4.98 Å². The largest absolute Gasteiger partial charge is 0.506 e. The minimum absolute atomic E-state index is 0.00435. The van der Waals surface area contributed by atoms with Crippen LogP contribution in [0.1, 0.15) is 10.4 Å². The van der Waals surface area contributed by atoms with Crippen LogP contribution in [-0.4, -0.2) is 16.0 Å². The third-order valence-electron chi connectivity index (χ3n) is 1.09. The van der Waals surface area contributed by atoms with Crippen LogP contribution in [0, 0.1) is 0 Å². The van der Waals surface area contributed by atoms with Crippen molar-refractivity contribution in [3.63, 3.8) is 0 Å². The Labute approximate surface area is 67.6 Å². The molecule has 4 nitrogen and oxygen atoms in total. The van der Waals surface area contributed by atoms with E-state index in [4.69, 9.17) is 22.4 Å². The Balaban J connectivity index is 3.23. The van der Waals surface area contributed by atoms with Gasteiger partial charge in [0.25, 0.3) is 5.91 Å². The lowest BCUT2D eigenvalue weighted by molar-refractivity contribution is 0.0999. The molecule has 0 atom stereocenters. The Morgan fingerprint density at radius 3 is 2.82 bits per heavy atom. The molecule has 0 bridgehead atoms. The minimum atomic E-state index is -0.710. The average molecular weight is 173 g/mol. The number of halogens is 1. The van der Waals surface area contributed by atoms with Gasteiger partial charge in [-0.15, -0.1) is 0 Å². The minimum Gasteiger partial charge on any atom is -0.506 e. The van der Waals surface area contributed by atoms with Gasteiger partial charge in [0.15, 0.2) is 0 Å². The van der Waals surface area contributed by atoms with Crippen molar-refractivity contribution in [2.75, 3.05) is 0 Å². The van der Waals surface area contributed by atoms with Crippen molar-refractivity contribution in [3.05, 3.63) is 23.0 Å². The number of aromatic nitrogens is 1. The molecule has 1 amide bonds. The summed E-state index contributed by atoms with van der Waals surface area (Å²) >= 11 is 5.47. The number of carbonyl (C=O) groups excluding carboxylic acids is 1. The fourth-order valence-corrected chi connectivity index (χ4v) is 0.806. The summed E-state index contributed by atoms with van der Waals surface area (Å²) in [7, 11) is 0. The molecule has 0 radical (unpaired) electrons. The highest BCUT2D eigenvalue weighted by Crippen LogP contribution is 2.16. The third-order valence-corrected chi connectivity index (χ3v) is 1.39. The summed E-state index contributed by atoms with van der Waals surface area (Å²) in [6.45, 7) is 0. The Bertz CT molecular complexity index is 301. The number of primary amides is 1. The number of amides is 1. The molecular weight excluding hydrogens is 168 g/mol. The lowest BCUT2D eigenvalue weighted by Gasteiger charge is -1.97. The zero-order valence-corrected chi connectivity index (χ0v) is 6.17. The monoisotopic (exact) mass is 172 g/mol. The first-order valence-electron chi connectivity index (χ1n) is 2.75. The highest BCUT2D eigenvalue weighted by atomic mass is 35.5. The Morgan fingerprint density at radius 2 is 2.36 bits per heavy atom. The van der Waals surface area contributed by atoms with Crippen LogP contribution < -0.4 is 5.73 Å². The number of carbonyl (C=O) groups is 1. The van der Waals surface area contributed by atoms with Crippen molar-refractivity contribution >= 4 is 17.5 Å². The third kappa shape index (κ3) is 1.59. The van der Waals surface area contributed by atoms with Gasteiger partial charge in [-0.1, -0.05) is 11.6 Å². The molecule has 0 aromatic carbocycles. The van der Waals surface area contributed by atoms with Crippen LogP contribution in [0.4, 0.5) is 0 Å². The number of aromatic hydroxyl groups is 1. The Hall–Kier alpha value is -1.29. The van der Waals surface area contributed by atoms with E-state index in [1.807, 2.05) is 0 Å². The molecular formula is C6H5ClN2O2. The molecule has 11 heavy (non-hydrogen) atoms. The molecule has 0 aliphatic carbocycles. The van der Waals surface area contributed by atoms with Gasteiger partial charge in [-0.05, 0) is 6.07 Å². The topological polar surface area (TPSA) is 76.2 Å². The lowest BCUT2D eigenvalue weighted by atomic mass is 10.3. The van der Waals surface area contributed by atoms with E-state index < -0.39 is 5.91 Å². The average Bonchev–Trinajstić information content (AvgIpc) is 1.94. The highest BCUT2D eigenvalue weighted by molar-refractivity contribution is 6.32. The summed E-state index contributed by atoms with van der Waals surface area (Å²) in [5.74, 6) is -0.846. The maximum atomic E-state index is 10.6. The zero-order chi connectivity index (χ0) is 8.43. The molecule has 0 unspecified atom stereocenters. The summed E-state index contributed by atoms with van der Waals surface area (Å²) in [6.07, 6.45) is 1.13. The van der Waals surface area contributed by atoms with Gasteiger partial charge in [-0.2, -0.15) is 0 Å². The van der Waals surface area contributed by atoms with Gasteiger partial charge >= 0.3 is 0 Å². The Kier molecular flexibility index (Phi) is 1.96. The summed E-state index contributed by atoms with van der Waals surface area (Å²) < 4.78 is 0. The standard InChI is InChI=1S/C6H5ClN2O2/c7-5-4(6(8)11)1-3(10)2-9-5/h1-2,10H,(H2,8,11). The molecule has 0 aliphatic rings. The molecule has 1 rings (SSSR count).